The van der Waals surface area contributed by atoms with E-state index in [0.29, 0.717) is 21.5 Å². The lowest BCUT2D eigenvalue weighted by Gasteiger charge is -2.08. The number of aromatic nitrogens is 2. The summed E-state index contributed by atoms with van der Waals surface area (Å²) in [6.45, 7) is 1.72. The third-order valence-electron chi connectivity index (χ3n) is 4.80. The van der Waals surface area contributed by atoms with Gasteiger partial charge in [-0.15, -0.1) is 11.3 Å². The Morgan fingerprint density at radius 1 is 1.07 bits per heavy atom. The summed E-state index contributed by atoms with van der Waals surface area (Å²) < 4.78 is 1.47. The molecular weight excluding hydrogens is 398 g/mol. The Hall–Kier alpha value is -3.58. The second kappa shape index (κ2) is 8.42. The summed E-state index contributed by atoms with van der Waals surface area (Å²) in [5.41, 5.74) is 2.86. The topological polar surface area (TPSA) is 81.1 Å². The average Bonchev–Trinajstić information content (AvgIpc) is 3.19. The number of ketones is 1. The summed E-state index contributed by atoms with van der Waals surface area (Å²) in [7, 11) is 0. The van der Waals surface area contributed by atoms with E-state index >= 15 is 0 Å². The standard InChI is InChI=1S/C23H19N3O3S/c1-15(27)16-7-9-18(10-8-16)25-20(28)11-12-26-14-24-22-21(23(26)29)19(13-30-22)17-5-3-2-4-6-17/h2-10,13-14H,11-12H2,1H3,(H,25,28). The first-order valence-electron chi connectivity index (χ1n) is 9.46. The number of rotatable bonds is 6. The van der Waals surface area contributed by atoms with Crippen LogP contribution in [0.3, 0.4) is 0 Å². The van der Waals surface area contributed by atoms with E-state index in [1.165, 1.54) is 29.2 Å². The van der Waals surface area contributed by atoms with Gasteiger partial charge in [0.25, 0.3) is 5.56 Å². The van der Waals surface area contributed by atoms with Crippen LogP contribution in [0.4, 0.5) is 5.69 Å². The second-order valence-corrected chi connectivity index (χ2v) is 7.73. The SMILES string of the molecule is CC(=O)c1ccc(NC(=O)CCn2cnc3scc(-c4ccccc4)c3c2=O)cc1. The lowest BCUT2D eigenvalue weighted by Crippen LogP contribution is -2.23. The fraction of sp³-hybridized carbons (Fsp3) is 0.130. The van der Waals surface area contributed by atoms with Crippen molar-refractivity contribution in [2.24, 2.45) is 0 Å². The Kier molecular flexibility index (Phi) is 5.54. The maximum Gasteiger partial charge on any atom is 0.262 e. The number of nitrogens with one attached hydrogen (secondary N) is 1. The van der Waals surface area contributed by atoms with Gasteiger partial charge in [0.1, 0.15) is 4.83 Å². The van der Waals surface area contributed by atoms with E-state index < -0.39 is 0 Å². The first-order valence-corrected chi connectivity index (χ1v) is 10.3. The molecule has 1 N–H and O–H groups in total. The summed E-state index contributed by atoms with van der Waals surface area (Å²) in [5.74, 6) is -0.246. The van der Waals surface area contributed by atoms with Crippen LogP contribution in [0.1, 0.15) is 23.7 Å². The minimum Gasteiger partial charge on any atom is -0.326 e. The number of nitrogens with zero attached hydrogens (tertiary/aromatic N) is 2. The van der Waals surface area contributed by atoms with E-state index in [-0.39, 0.29) is 30.2 Å². The summed E-state index contributed by atoms with van der Waals surface area (Å²) in [6, 6.07) is 16.4. The third kappa shape index (κ3) is 4.06. The van der Waals surface area contributed by atoms with Gasteiger partial charge in [0.15, 0.2) is 5.78 Å². The van der Waals surface area contributed by atoms with Gasteiger partial charge in [-0.25, -0.2) is 4.98 Å². The number of hydrogen-bond acceptors (Lipinski definition) is 5. The van der Waals surface area contributed by atoms with Crippen LogP contribution < -0.4 is 10.9 Å². The van der Waals surface area contributed by atoms with Crippen LogP contribution in [-0.4, -0.2) is 21.2 Å². The summed E-state index contributed by atoms with van der Waals surface area (Å²) >= 11 is 1.43. The molecule has 0 spiro atoms. The second-order valence-electron chi connectivity index (χ2n) is 6.87. The number of Topliss-reactive ketones (excluding diaryl/α,β-unsaturated/α-hetero) is 1. The number of amides is 1. The largest absolute Gasteiger partial charge is 0.326 e. The van der Waals surface area contributed by atoms with Gasteiger partial charge in [-0.05, 0) is 36.8 Å². The molecule has 0 atom stereocenters. The van der Waals surface area contributed by atoms with Gasteiger partial charge in [-0.1, -0.05) is 30.3 Å². The Morgan fingerprint density at radius 2 is 1.80 bits per heavy atom. The van der Waals surface area contributed by atoms with Gasteiger partial charge < -0.3 is 5.32 Å². The Bertz CT molecular complexity index is 1270. The van der Waals surface area contributed by atoms with Crippen LogP contribution >= 0.6 is 11.3 Å². The zero-order valence-electron chi connectivity index (χ0n) is 16.3. The van der Waals surface area contributed by atoms with Gasteiger partial charge >= 0.3 is 0 Å². The van der Waals surface area contributed by atoms with Crippen molar-refractivity contribution >= 4 is 38.9 Å². The van der Waals surface area contributed by atoms with Crippen molar-refractivity contribution in [1.29, 1.82) is 0 Å². The molecular formula is C23H19N3O3S. The number of thiophene rings is 1. The monoisotopic (exact) mass is 417 g/mol. The number of anilines is 1. The average molecular weight is 417 g/mol. The zero-order valence-corrected chi connectivity index (χ0v) is 17.1. The molecule has 7 heteroatoms. The summed E-state index contributed by atoms with van der Waals surface area (Å²) in [5, 5.41) is 5.30. The molecule has 30 heavy (non-hydrogen) atoms. The number of benzene rings is 2. The highest BCUT2D eigenvalue weighted by molar-refractivity contribution is 7.17. The van der Waals surface area contributed by atoms with E-state index in [1.54, 1.807) is 24.3 Å². The molecule has 6 nitrogen and oxygen atoms in total. The molecule has 0 aliphatic rings. The number of carbonyl (C=O) groups is 2. The van der Waals surface area contributed by atoms with Gasteiger partial charge in [0.05, 0.1) is 11.7 Å². The normalized spacial score (nSPS) is 10.8. The molecule has 2 aromatic carbocycles. The predicted molar refractivity (Wildman–Crippen MR) is 119 cm³/mol. The quantitative estimate of drug-likeness (QED) is 0.473. The zero-order chi connectivity index (χ0) is 21.1. The minimum absolute atomic E-state index is 0.0292. The van der Waals surface area contributed by atoms with E-state index in [1.807, 2.05) is 35.7 Å². The number of hydrogen-bond donors (Lipinski definition) is 1. The highest BCUT2D eigenvalue weighted by Crippen LogP contribution is 2.30. The van der Waals surface area contributed by atoms with Crippen LogP contribution in [0.5, 0.6) is 0 Å². The summed E-state index contributed by atoms with van der Waals surface area (Å²) in [6.07, 6.45) is 1.62. The van der Waals surface area contributed by atoms with Gasteiger partial charge in [-0.2, -0.15) is 0 Å². The van der Waals surface area contributed by atoms with Crippen molar-refractivity contribution in [1.82, 2.24) is 9.55 Å². The molecule has 0 radical (unpaired) electrons. The van der Waals surface area contributed by atoms with E-state index in [4.69, 9.17) is 0 Å². The van der Waals surface area contributed by atoms with Crippen LogP contribution in [0.2, 0.25) is 0 Å². The molecule has 0 unspecified atom stereocenters. The molecule has 2 aromatic heterocycles. The first-order chi connectivity index (χ1) is 14.5. The molecule has 0 bridgehead atoms. The number of aryl methyl sites for hydroxylation is 1. The smallest absolute Gasteiger partial charge is 0.262 e. The highest BCUT2D eigenvalue weighted by Gasteiger charge is 2.14. The number of fused-ring (bicyclic) bond motifs is 1. The van der Waals surface area contributed by atoms with Crippen molar-refractivity contribution in [3.05, 3.63) is 82.2 Å². The molecule has 4 rings (SSSR count). The van der Waals surface area contributed by atoms with Crippen LogP contribution in [-0.2, 0) is 11.3 Å². The van der Waals surface area contributed by atoms with Crippen LogP contribution in [0.25, 0.3) is 21.3 Å². The lowest BCUT2D eigenvalue weighted by atomic mass is 10.1. The maximum absolute atomic E-state index is 13.0. The Balaban J connectivity index is 1.50. The van der Waals surface area contributed by atoms with Crippen molar-refractivity contribution in [2.45, 2.75) is 19.9 Å². The van der Waals surface area contributed by atoms with E-state index in [9.17, 15) is 14.4 Å². The van der Waals surface area contributed by atoms with Gasteiger partial charge in [-0.3, -0.25) is 19.0 Å². The first kappa shape index (κ1) is 19.7. The Labute approximate surface area is 176 Å². The van der Waals surface area contributed by atoms with Crippen LogP contribution in [0.15, 0.2) is 71.1 Å². The van der Waals surface area contributed by atoms with Gasteiger partial charge in [0.2, 0.25) is 5.91 Å². The fourth-order valence-electron chi connectivity index (χ4n) is 3.19. The minimum atomic E-state index is -0.217. The molecule has 0 saturated heterocycles. The molecule has 4 aromatic rings. The molecule has 0 aliphatic carbocycles. The predicted octanol–water partition coefficient (Wildman–Crippen LogP) is 4.36. The van der Waals surface area contributed by atoms with E-state index in [0.717, 1.165) is 11.1 Å². The van der Waals surface area contributed by atoms with Gasteiger partial charge in [0, 0.05) is 35.2 Å². The lowest BCUT2D eigenvalue weighted by molar-refractivity contribution is -0.116. The van der Waals surface area contributed by atoms with Crippen molar-refractivity contribution in [2.75, 3.05) is 5.32 Å². The third-order valence-corrected chi connectivity index (χ3v) is 5.69. The van der Waals surface area contributed by atoms with Crippen molar-refractivity contribution < 1.29 is 9.59 Å². The maximum atomic E-state index is 13.0. The Morgan fingerprint density at radius 3 is 2.50 bits per heavy atom. The molecule has 150 valence electrons. The van der Waals surface area contributed by atoms with Crippen molar-refractivity contribution in [3.8, 4) is 11.1 Å². The molecule has 0 fully saturated rings. The highest BCUT2D eigenvalue weighted by atomic mass is 32.1. The fourth-order valence-corrected chi connectivity index (χ4v) is 4.10. The van der Waals surface area contributed by atoms with E-state index in [2.05, 4.69) is 10.3 Å². The van der Waals surface area contributed by atoms with Crippen LogP contribution in [0, 0.1) is 0 Å². The molecule has 0 aliphatic heterocycles. The van der Waals surface area contributed by atoms with Crippen molar-refractivity contribution in [3.63, 3.8) is 0 Å². The molecule has 0 saturated carbocycles. The summed E-state index contributed by atoms with van der Waals surface area (Å²) in [4.78, 5) is 41.7. The number of carbonyl (C=O) groups excluding carboxylic acids is 2. The molecule has 1 amide bonds. The molecule has 2 heterocycles.